The van der Waals surface area contributed by atoms with Crippen LogP contribution in [0.3, 0.4) is 0 Å². The number of carboxylic acids is 1. The number of benzene rings is 3. The molecule has 0 atom stereocenters. The van der Waals surface area contributed by atoms with Crippen molar-refractivity contribution >= 4 is 39.5 Å². The first kappa shape index (κ1) is 21.4. The molecule has 0 spiro atoms. The van der Waals surface area contributed by atoms with Crippen LogP contribution in [0.1, 0.15) is 19.4 Å². The Bertz CT molecular complexity index is 1270. The molecule has 29 heavy (non-hydrogen) atoms. The Morgan fingerprint density at radius 1 is 1.07 bits per heavy atom. The quantitative estimate of drug-likeness (QED) is 0.366. The zero-order valence-corrected chi connectivity index (χ0v) is 19.2. The largest absolute Gasteiger partial charge is 1.00 e. The molecule has 5 nitrogen and oxygen atoms in total. The van der Waals surface area contributed by atoms with Crippen molar-refractivity contribution in [3.05, 3.63) is 66.2 Å². The predicted molar refractivity (Wildman–Crippen MR) is 108 cm³/mol. The molecule has 1 heterocycles. The van der Waals surface area contributed by atoms with Crippen molar-refractivity contribution in [1.82, 2.24) is 9.55 Å². The molecule has 4 aromatic rings. The monoisotopic (exact) mass is 409 g/mol. The van der Waals surface area contributed by atoms with E-state index >= 15 is 0 Å². The minimum Gasteiger partial charge on any atom is -0.549 e. The number of carbonyl (C=O) groups excluding carboxylic acids is 1. The molecule has 138 valence electrons. The van der Waals surface area contributed by atoms with Crippen molar-refractivity contribution in [3.63, 3.8) is 0 Å². The van der Waals surface area contributed by atoms with Gasteiger partial charge in [0, 0.05) is 10.8 Å². The zero-order chi connectivity index (χ0) is 19.9. The first-order valence-corrected chi connectivity index (χ1v) is 9.54. The normalized spacial score (nSPS) is 11.2. The molecule has 0 aliphatic rings. The number of hydrogen-bond donors (Lipinski definition) is 0. The van der Waals surface area contributed by atoms with Crippen molar-refractivity contribution in [3.8, 4) is 11.8 Å². The smallest absolute Gasteiger partial charge is 0.549 e. The molecule has 0 saturated carbocycles. The Kier molecular flexibility index (Phi) is 6.06. The van der Waals surface area contributed by atoms with Gasteiger partial charge in [-0.15, -0.1) is 0 Å². The summed E-state index contributed by atoms with van der Waals surface area (Å²) >= 11 is 1.14. The Morgan fingerprint density at radius 3 is 2.41 bits per heavy atom. The Balaban J connectivity index is 0.00000240. The fourth-order valence-corrected chi connectivity index (χ4v) is 4.12. The van der Waals surface area contributed by atoms with E-state index in [1.807, 2.05) is 59.2 Å². The number of hydrogen-bond acceptors (Lipinski definition) is 5. The zero-order valence-electron chi connectivity index (χ0n) is 16.3. The Morgan fingerprint density at radius 2 is 1.72 bits per heavy atom. The van der Waals surface area contributed by atoms with E-state index in [2.05, 4.69) is 11.1 Å². The number of para-hydroxylation sites is 2. The topological polar surface area (TPSA) is 81.7 Å². The molecule has 0 radical (unpaired) electrons. The third-order valence-corrected chi connectivity index (χ3v) is 5.76. The maximum atomic E-state index is 11.6. The summed E-state index contributed by atoms with van der Waals surface area (Å²) in [5.74, 6) is -1.15. The Hall–Kier alpha value is -2.30. The van der Waals surface area contributed by atoms with Crippen LogP contribution in [0.4, 0.5) is 0 Å². The summed E-state index contributed by atoms with van der Waals surface area (Å²) in [6.07, 6.45) is 0. The first-order valence-electron chi connectivity index (χ1n) is 8.72. The number of fused-ring (bicyclic) bond motifs is 2. The van der Waals surface area contributed by atoms with Crippen LogP contribution in [0.25, 0.3) is 27.5 Å². The molecule has 7 heteroatoms. The minimum atomic E-state index is -1.15. The van der Waals surface area contributed by atoms with Gasteiger partial charge in [0.2, 0.25) is 0 Å². The fraction of sp³-hybridized carbons (Fsp3) is 0.136. The van der Waals surface area contributed by atoms with Gasteiger partial charge in [-0.2, -0.15) is 5.26 Å². The molecule has 0 aliphatic heterocycles. The van der Waals surface area contributed by atoms with E-state index in [9.17, 15) is 15.2 Å². The van der Waals surface area contributed by atoms with Crippen LogP contribution in [0.15, 0.2) is 65.8 Å². The van der Waals surface area contributed by atoms with Gasteiger partial charge in [-0.1, -0.05) is 48.2 Å². The van der Waals surface area contributed by atoms with Gasteiger partial charge < -0.3 is 9.90 Å². The van der Waals surface area contributed by atoms with Crippen LogP contribution in [0.5, 0.6) is 0 Å². The van der Waals surface area contributed by atoms with Crippen LogP contribution in [0.2, 0.25) is 0 Å². The van der Waals surface area contributed by atoms with Crippen molar-refractivity contribution in [2.45, 2.75) is 23.8 Å². The van der Waals surface area contributed by atoms with Gasteiger partial charge in [0.25, 0.3) is 0 Å². The van der Waals surface area contributed by atoms with Crippen LogP contribution < -0.4 is 34.7 Å². The maximum Gasteiger partial charge on any atom is 1.00 e. The Labute approximate surface area is 194 Å². The molecule has 3 aromatic carbocycles. The number of rotatable bonds is 4. The van der Waals surface area contributed by atoms with Gasteiger partial charge in [0.1, 0.15) is 0 Å². The van der Waals surface area contributed by atoms with E-state index in [0.717, 1.165) is 39.3 Å². The minimum absolute atomic E-state index is 0. The van der Waals surface area contributed by atoms with Crippen molar-refractivity contribution in [1.29, 1.82) is 5.26 Å². The van der Waals surface area contributed by atoms with Crippen LogP contribution in [-0.2, 0) is 4.79 Å². The summed E-state index contributed by atoms with van der Waals surface area (Å²) in [5.41, 5.74) is 3.08. The summed E-state index contributed by atoms with van der Waals surface area (Å²) in [7, 11) is 0. The molecule has 0 fully saturated rings. The average Bonchev–Trinajstić information content (AvgIpc) is 3.04. The molecule has 4 rings (SSSR count). The van der Waals surface area contributed by atoms with E-state index in [1.54, 1.807) is 19.9 Å². The standard InChI is InChI=1S/C22H17N3O2S.Na/c1-22(2,20(26)27)28-21-24-17-9-5-6-10-19(17)25(21)18-12-11-14(13-23)15-7-3-4-8-16(15)18;/h3-12H,1-2H3,(H,26,27);/q;+1/p-1. The van der Waals surface area contributed by atoms with E-state index in [1.165, 1.54) is 0 Å². The van der Waals surface area contributed by atoms with E-state index in [0.29, 0.717) is 10.7 Å². The predicted octanol–water partition coefficient (Wildman–Crippen LogP) is 0.675. The SMILES string of the molecule is CC(C)(Sc1nc2ccccc2n1-c1ccc(C#N)c2ccccc12)C(=O)[O-].[Na+]. The number of carboxylic acid groups (broad SMARTS) is 1. The molecule has 0 aliphatic carbocycles. The van der Waals surface area contributed by atoms with Crippen LogP contribution in [0, 0.1) is 11.3 Å². The molecule has 0 bridgehead atoms. The van der Waals surface area contributed by atoms with Gasteiger partial charge in [0.05, 0.1) is 39.1 Å². The number of carbonyl (C=O) groups is 1. The molecule has 1 aromatic heterocycles. The summed E-state index contributed by atoms with van der Waals surface area (Å²) in [4.78, 5) is 16.3. The third-order valence-electron chi connectivity index (χ3n) is 4.63. The van der Waals surface area contributed by atoms with E-state index < -0.39 is 10.7 Å². The number of imidazole rings is 1. The summed E-state index contributed by atoms with van der Waals surface area (Å²) < 4.78 is 0.801. The van der Waals surface area contributed by atoms with Crippen molar-refractivity contribution < 1.29 is 39.5 Å². The second kappa shape index (κ2) is 8.21. The number of nitriles is 1. The summed E-state index contributed by atoms with van der Waals surface area (Å²) in [6.45, 7) is 3.21. The van der Waals surface area contributed by atoms with Crippen molar-refractivity contribution in [2.75, 3.05) is 0 Å². The molecule has 0 N–H and O–H groups in total. The number of nitrogens with zero attached hydrogens (tertiary/aromatic N) is 3. The maximum absolute atomic E-state index is 11.6. The summed E-state index contributed by atoms with van der Waals surface area (Å²) in [5, 5.41) is 23.3. The third kappa shape index (κ3) is 3.79. The first-order chi connectivity index (χ1) is 13.4. The van der Waals surface area contributed by atoms with Gasteiger partial charge >= 0.3 is 29.6 Å². The second-order valence-corrected chi connectivity index (χ2v) is 8.50. The molecular formula is C22H16N3NaO2S. The average molecular weight is 409 g/mol. The van der Waals surface area contributed by atoms with E-state index in [-0.39, 0.29) is 29.6 Å². The summed E-state index contributed by atoms with van der Waals surface area (Å²) in [6, 6.07) is 21.2. The number of thioether (sulfide) groups is 1. The number of aromatic nitrogens is 2. The second-order valence-electron chi connectivity index (χ2n) is 6.91. The van der Waals surface area contributed by atoms with Crippen LogP contribution in [-0.4, -0.2) is 20.3 Å². The number of aliphatic carboxylic acids is 1. The van der Waals surface area contributed by atoms with Gasteiger partial charge in [0.15, 0.2) is 5.16 Å². The molecule has 0 unspecified atom stereocenters. The van der Waals surface area contributed by atoms with Gasteiger partial charge in [-0.05, 0) is 38.1 Å². The van der Waals surface area contributed by atoms with Crippen LogP contribution >= 0.6 is 11.8 Å². The fourth-order valence-electron chi connectivity index (χ4n) is 3.15. The molecule has 0 saturated heterocycles. The van der Waals surface area contributed by atoms with Gasteiger partial charge in [-0.3, -0.25) is 4.57 Å². The van der Waals surface area contributed by atoms with E-state index in [4.69, 9.17) is 0 Å². The van der Waals surface area contributed by atoms with Gasteiger partial charge in [-0.25, -0.2) is 4.98 Å². The molecular weight excluding hydrogens is 393 g/mol. The molecule has 0 amide bonds. The van der Waals surface area contributed by atoms with Crippen molar-refractivity contribution in [2.24, 2.45) is 0 Å².